The lowest BCUT2D eigenvalue weighted by molar-refractivity contribution is 0.102. The van der Waals surface area contributed by atoms with E-state index in [1.165, 1.54) is 11.9 Å². The van der Waals surface area contributed by atoms with Gasteiger partial charge in [0.1, 0.15) is 12.1 Å². The second-order valence-electron chi connectivity index (χ2n) is 7.38. The third-order valence-corrected chi connectivity index (χ3v) is 5.04. The van der Waals surface area contributed by atoms with E-state index in [2.05, 4.69) is 26.7 Å². The molecule has 33 heavy (non-hydrogen) atoms. The summed E-state index contributed by atoms with van der Waals surface area (Å²) in [6.45, 7) is 2.05. The highest BCUT2D eigenvalue weighted by Gasteiger charge is 2.10. The lowest BCUT2D eigenvalue weighted by Crippen LogP contribution is -2.12. The van der Waals surface area contributed by atoms with E-state index in [1.807, 2.05) is 43.3 Å². The van der Waals surface area contributed by atoms with Crippen molar-refractivity contribution in [3.05, 3.63) is 90.3 Å². The van der Waals surface area contributed by atoms with Crippen molar-refractivity contribution < 1.29 is 14.3 Å². The van der Waals surface area contributed by atoms with Gasteiger partial charge in [0.2, 0.25) is 0 Å². The van der Waals surface area contributed by atoms with Gasteiger partial charge < -0.3 is 20.1 Å². The van der Waals surface area contributed by atoms with Crippen LogP contribution in [0.25, 0.3) is 11.3 Å². The number of aromatic nitrogens is 2. The Labute approximate surface area is 192 Å². The molecule has 0 saturated carbocycles. The van der Waals surface area contributed by atoms with Crippen molar-refractivity contribution in [3.8, 4) is 22.8 Å². The normalized spacial score (nSPS) is 10.4. The molecule has 1 amide bonds. The second-order valence-corrected chi connectivity index (χ2v) is 7.38. The Morgan fingerprint density at radius 3 is 2.30 bits per heavy atom. The van der Waals surface area contributed by atoms with Crippen molar-refractivity contribution >= 4 is 23.1 Å². The number of carbonyl (C=O) groups excluding carboxylic acids is 1. The molecule has 0 radical (unpaired) electrons. The van der Waals surface area contributed by atoms with E-state index in [1.54, 1.807) is 44.6 Å². The van der Waals surface area contributed by atoms with Gasteiger partial charge in [0.15, 0.2) is 11.5 Å². The summed E-state index contributed by atoms with van der Waals surface area (Å²) in [5.41, 5.74) is 4.99. The van der Waals surface area contributed by atoms with Gasteiger partial charge >= 0.3 is 0 Å². The topological polar surface area (TPSA) is 85.4 Å². The summed E-state index contributed by atoms with van der Waals surface area (Å²) < 4.78 is 10.5. The average Bonchev–Trinajstić information content (AvgIpc) is 2.84. The molecule has 7 heteroatoms. The van der Waals surface area contributed by atoms with E-state index >= 15 is 0 Å². The molecule has 4 rings (SSSR count). The summed E-state index contributed by atoms with van der Waals surface area (Å²) in [5.74, 6) is 1.59. The zero-order valence-corrected chi connectivity index (χ0v) is 18.6. The van der Waals surface area contributed by atoms with E-state index in [-0.39, 0.29) is 5.91 Å². The Kier molecular flexibility index (Phi) is 6.50. The highest BCUT2D eigenvalue weighted by Crippen LogP contribution is 2.30. The standard InChI is InChI=1S/C26H24N4O3/c1-17-5-4-6-19(13-17)22-15-25(28-16-27-22)29-20-9-7-18(8-10-20)26(31)30-21-11-12-23(32-2)24(14-21)33-3/h4-16H,1-3H3,(H,30,31)(H,27,28,29). The van der Waals surface area contributed by atoms with Gasteiger partial charge in [0, 0.05) is 34.6 Å². The summed E-state index contributed by atoms with van der Waals surface area (Å²) in [6.07, 6.45) is 1.53. The molecule has 0 fully saturated rings. The van der Waals surface area contributed by atoms with Crippen LogP contribution in [0.5, 0.6) is 11.5 Å². The lowest BCUT2D eigenvalue weighted by Gasteiger charge is -2.11. The van der Waals surface area contributed by atoms with Crippen LogP contribution in [0, 0.1) is 6.92 Å². The van der Waals surface area contributed by atoms with Gasteiger partial charge in [0.05, 0.1) is 19.9 Å². The molecule has 0 saturated heterocycles. The van der Waals surface area contributed by atoms with Crippen molar-refractivity contribution in [1.82, 2.24) is 9.97 Å². The molecule has 0 spiro atoms. The van der Waals surface area contributed by atoms with Crippen molar-refractivity contribution in [1.29, 1.82) is 0 Å². The molecule has 1 heterocycles. The number of anilines is 3. The molecule has 0 aliphatic carbocycles. The molecule has 0 unspecified atom stereocenters. The van der Waals surface area contributed by atoms with Gasteiger partial charge in [0.25, 0.3) is 5.91 Å². The lowest BCUT2D eigenvalue weighted by atomic mass is 10.1. The maximum absolute atomic E-state index is 12.6. The number of methoxy groups -OCH3 is 2. The molecule has 4 aromatic rings. The number of carbonyl (C=O) groups is 1. The second kappa shape index (κ2) is 9.82. The van der Waals surface area contributed by atoms with E-state index in [0.29, 0.717) is 28.6 Å². The third kappa shape index (κ3) is 5.27. The SMILES string of the molecule is COc1ccc(NC(=O)c2ccc(Nc3cc(-c4cccc(C)c4)ncn3)cc2)cc1OC. The zero-order valence-electron chi connectivity index (χ0n) is 18.6. The summed E-state index contributed by atoms with van der Waals surface area (Å²) in [5, 5.41) is 6.13. The Morgan fingerprint density at radius 1 is 0.818 bits per heavy atom. The summed E-state index contributed by atoms with van der Waals surface area (Å²) in [7, 11) is 3.12. The highest BCUT2D eigenvalue weighted by molar-refractivity contribution is 6.04. The molecule has 166 valence electrons. The van der Waals surface area contributed by atoms with Crippen LogP contribution in [0.3, 0.4) is 0 Å². The monoisotopic (exact) mass is 440 g/mol. The minimum Gasteiger partial charge on any atom is -0.493 e. The van der Waals surface area contributed by atoms with Crippen LogP contribution in [-0.4, -0.2) is 30.1 Å². The van der Waals surface area contributed by atoms with Crippen LogP contribution in [-0.2, 0) is 0 Å². The van der Waals surface area contributed by atoms with E-state index in [4.69, 9.17) is 9.47 Å². The van der Waals surface area contributed by atoms with Crippen molar-refractivity contribution in [2.75, 3.05) is 24.9 Å². The van der Waals surface area contributed by atoms with Gasteiger partial charge in [-0.05, 0) is 49.4 Å². The Hall–Kier alpha value is -4.39. The van der Waals surface area contributed by atoms with Crippen LogP contribution < -0.4 is 20.1 Å². The molecule has 0 bridgehead atoms. The van der Waals surface area contributed by atoms with E-state index < -0.39 is 0 Å². The molecule has 7 nitrogen and oxygen atoms in total. The predicted molar refractivity (Wildman–Crippen MR) is 129 cm³/mol. The van der Waals surface area contributed by atoms with Gasteiger partial charge in [-0.2, -0.15) is 0 Å². The quantitative estimate of drug-likeness (QED) is 0.397. The minimum atomic E-state index is -0.225. The average molecular weight is 441 g/mol. The Balaban J connectivity index is 1.44. The number of amides is 1. The highest BCUT2D eigenvalue weighted by atomic mass is 16.5. The molecular weight excluding hydrogens is 416 g/mol. The molecule has 0 aliphatic rings. The minimum absolute atomic E-state index is 0.225. The zero-order chi connectivity index (χ0) is 23.2. The smallest absolute Gasteiger partial charge is 0.255 e. The number of benzene rings is 3. The number of hydrogen-bond acceptors (Lipinski definition) is 6. The van der Waals surface area contributed by atoms with Crippen LogP contribution in [0.2, 0.25) is 0 Å². The maximum Gasteiger partial charge on any atom is 0.255 e. The summed E-state index contributed by atoms with van der Waals surface area (Å²) in [6, 6.07) is 22.4. The first-order valence-corrected chi connectivity index (χ1v) is 10.4. The number of aryl methyl sites for hydroxylation is 1. The predicted octanol–water partition coefficient (Wildman–Crippen LogP) is 5.47. The molecule has 2 N–H and O–H groups in total. The van der Waals surface area contributed by atoms with Crippen molar-refractivity contribution in [3.63, 3.8) is 0 Å². The third-order valence-electron chi connectivity index (χ3n) is 5.04. The summed E-state index contributed by atoms with van der Waals surface area (Å²) in [4.78, 5) is 21.3. The number of ether oxygens (including phenoxy) is 2. The molecular formula is C26H24N4O3. The number of nitrogens with one attached hydrogen (secondary N) is 2. The first-order valence-electron chi connectivity index (χ1n) is 10.4. The fraction of sp³-hybridized carbons (Fsp3) is 0.115. The van der Waals surface area contributed by atoms with E-state index in [0.717, 1.165) is 16.9 Å². The number of hydrogen-bond donors (Lipinski definition) is 2. The maximum atomic E-state index is 12.6. The van der Waals surface area contributed by atoms with Crippen LogP contribution in [0.4, 0.5) is 17.2 Å². The van der Waals surface area contributed by atoms with Crippen LogP contribution >= 0.6 is 0 Å². The molecule has 0 aliphatic heterocycles. The van der Waals surface area contributed by atoms with Gasteiger partial charge in [-0.15, -0.1) is 0 Å². The van der Waals surface area contributed by atoms with Crippen molar-refractivity contribution in [2.24, 2.45) is 0 Å². The largest absolute Gasteiger partial charge is 0.493 e. The van der Waals surface area contributed by atoms with Gasteiger partial charge in [-0.3, -0.25) is 4.79 Å². The summed E-state index contributed by atoms with van der Waals surface area (Å²) >= 11 is 0. The fourth-order valence-corrected chi connectivity index (χ4v) is 3.36. The number of rotatable bonds is 7. The van der Waals surface area contributed by atoms with Crippen molar-refractivity contribution in [2.45, 2.75) is 6.92 Å². The number of nitrogens with zero attached hydrogens (tertiary/aromatic N) is 2. The molecule has 3 aromatic carbocycles. The Morgan fingerprint density at radius 2 is 1.58 bits per heavy atom. The van der Waals surface area contributed by atoms with E-state index in [9.17, 15) is 4.79 Å². The van der Waals surface area contributed by atoms with Crippen LogP contribution in [0.1, 0.15) is 15.9 Å². The fourth-order valence-electron chi connectivity index (χ4n) is 3.36. The van der Waals surface area contributed by atoms with Gasteiger partial charge in [-0.1, -0.05) is 23.8 Å². The van der Waals surface area contributed by atoms with Crippen LogP contribution in [0.15, 0.2) is 79.1 Å². The van der Waals surface area contributed by atoms with Gasteiger partial charge in [-0.25, -0.2) is 9.97 Å². The Bertz CT molecular complexity index is 1270. The molecule has 1 aromatic heterocycles. The first kappa shape index (κ1) is 21.8. The first-order chi connectivity index (χ1) is 16.1. The molecule has 0 atom stereocenters.